The second kappa shape index (κ2) is 9.24. The third-order valence-corrected chi connectivity index (χ3v) is 6.52. The van der Waals surface area contributed by atoms with E-state index in [1.54, 1.807) is 36.4 Å². The Bertz CT molecular complexity index is 1600. The number of nitrogens with zero attached hydrogens (tertiary/aromatic N) is 1. The lowest BCUT2D eigenvalue weighted by atomic mass is 10.0. The van der Waals surface area contributed by atoms with Gasteiger partial charge in [-0.1, -0.05) is 65.1 Å². The number of anilines is 1. The minimum Gasteiger partial charge on any atom is -0.436 e. The number of benzene rings is 4. The van der Waals surface area contributed by atoms with Gasteiger partial charge in [0.1, 0.15) is 5.52 Å². The van der Waals surface area contributed by atoms with Gasteiger partial charge in [0.25, 0.3) is 5.91 Å². The summed E-state index contributed by atoms with van der Waals surface area (Å²) < 4.78 is 6.00. The van der Waals surface area contributed by atoms with Crippen molar-refractivity contribution in [3.05, 3.63) is 93.4 Å². The molecule has 1 amide bonds. The van der Waals surface area contributed by atoms with Crippen LogP contribution in [0.25, 0.3) is 33.3 Å². The van der Waals surface area contributed by atoms with Crippen LogP contribution < -0.4 is 10.6 Å². The summed E-state index contributed by atoms with van der Waals surface area (Å²) in [6.45, 7) is 0. The van der Waals surface area contributed by atoms with Crippen LogP contribution in [0.4, 0.5) is 5.69 Å². The molecule has 0 saturated heterocycles. The summed E-state index contributed by atoms with van der Waals surface area (Å²) in [5.74, 6) is 0.0101. The monoisotopic (exact) mass is 525 g/mol. The number of thiocarbonyl (C=S) groups is 1. The van der Waals surface area contributed by atoms with Gasteiger partial charge >= 0.3 is 0 Å². The Balaban J connectivity index is 1.38. The Morgan fingerprint density at radius 1 is 0.882 bits per heavy atom. The van der Waals surface area contributed by atoms with E-state index in [0.29, 0.717) is 27.7 Å². The summed E-state index contributed by atoms with van der Waals surface area (Å²) >= 11 is 23.7. The van der Waals surface area contributed by atoms with Crippen molar-refractivity contribution in [1.29, 1.82) is 0 Å². The highest BCUT2D eigenvalue weighted by atomic mass is 35.5. The quantitative estimate of drug-likeness (QED) is 0.235. The molecule has 1 heterocycles. The fraction of sp³-hybridized carbons (Fsp3) is 0. The molecule has 168 valence electrons. The van der Waals surface area contributed by atoms with E-state index < -0.39 is 5.91 Å². The van der Waals surface area contributed by atoms with E-state index in [-0.39, 0.29) is 20.7 Å². The Labute approximate surface area is 214 Å². The molecule has 2 N–H and O–H groups in total. The third kappa shape index (κ3) is 4.33. The smallest absolute Gasteiger partial charge is 0.258 e. The number of amides is 1. The van der Waals surface area contributed by atoms with Crippen molar-refractivity contribution in [1.82, 2.24) is 10.3 Å². The van der Waals surface area contributed by atoms with Crippen molar-refractivity contribution in [3.63, 3.8) is 0 Å². The lowest BCUT2D eigenvalue weighted by molar-refractivity contribution is 0.0978. The van der Waals surface area contributed by atoms with Gasteiger partial charge in [0.05, 0.1) is 15.6 Å². The first-order chi connectivity index (χ1) is 16.4. The molecule has 0 aliphatic carbocycles. The van der Waals surface area contributed by atoms with Gasteiger partial charge < -0.3 is 9.73 Å². The maximum absolute atomic E-state index is 12.5. The summed E-state index contributed by atoms with van der Waals surface area (Å²) in [6, 6.07) is 21.7. The van der Waals surface area contributed by atoms with E-state index in [9.17, 15) is 4.79 Å². The van der Waals surface area contributed by atoms with Crippen LogP contribution >= 0.6 is 47.0 Å². The van der Waals surface area contributed by atoms with Crippen molar-refractivity contribution in [2.24, 2.45) is 0 Å². The van der Waals surface area contributed by atoms with Gasteiger partial charge in [0.15, 0.2) is 10.7 Å². The van der Waals surface area contributed by atoms with E-state index in [0.717, 1.165) is 16.3 Å². The molecule has 9 heteroatoms. The molecule has 0 bridgehead atoms. The maximum atomic E-state index is 12.5. The van der Waals surface area contributed by atoms with E-state index >= 15 is 0 Å². The minimum atomic E-state index is -0.468. The number of hydrogen-bond donors (Lipinski definition) is 2. The molecule has 1 aromatic heterocycles. The standard InChI is InChI=1S/C25H14Cl3N3O2S/c26-18-8-2-4-14-15(18)5-1-6-16(14)24-30-20-12-13(10-11-21(20)33-24)29-25(34)31-23(32)17-7-3-9-19(27)22(17)28/h1-12H,(H2,29,31,32,34). The van der Waals surface area contributed by atoms with E-state index in [1.807, 2.05) is 36.4 Å². The molecule has 0 fully saturated rings. The second-order valence-electron chi connectivity index (χ2n) is 7.35. The van der Waals surface area contributed by atoms with Crippen molar-refractivity contribution < 1.29 is 9.21 Å². The normalized spacial score (nSPS) is 11.0. The van der Waals surface area contributed by atoms with Crippen LogP contribution in [0.5, 0.6) is 0 Å². The number of oxazole rings is 1. The molecule has 0 spiro atoms. The summed E-state index contributed by atoms with van der Waals surface area (Å²) in [5.41, 5.74) is 2.94. The molecule has 0 aliphatic rings. The molecule has 0 radical (unpaired) electrons. The Morgan fingerprint density at radius 3 is 2.47 bits per heavy atom. The molecular weight excluding hydrogens is 513 g/mol. The molecule has 0 unspecified atom stereocenters. The number of carbonyl (C=O) groups excluding carboxylic acids is 1. The van der Waals surface area contributed by atoms with Gasteiger partial charge in [-0.05, 0) is 60.1 Å². The van der Waals surface area contributed by atoms with Crippen molar-refractivity contribution in [3.8, 4) is 11.5 Å². The zero-order valence-corrected chi connectivity index (χ0v) is 20.3. The first-order valence-electron chi connectivity index (χ1n) is 10.1. The van der Waals surface area contributed by atoms with Crippen LogP contribution in [0, 0.1) is 0 Å². The Morgan fingerprint density at radius 2 is 1.62 bits per heavy atom. The lowest BCUT2D eigenvalue weighted by Gasteiger charge is -2.10. The average Bonchev–Trinajstić information content (AvgIpc) is 3.24. The molecule has 5 rings (SSSR count). The predicted molar refractivity (Wildman–Crippen MR) is 142 cm³/mol. The van der Waals surface area contributed by atoms with Crippen LogP contribution in [0.2, 0.25) is 15.1 Å². The SMILES string of the molecule is O=C(NC(=S)Nc1ccc2oc(-c3cccc4c(Cl)cccc34)nc2c1)c1cccc(Cl)c1Cl. The zero-order valence-electron chi connectivity index (χ0n) is 17.2. The molecule has 34 heavy (non-hydrogen) atoms. The number of halogens is 3. The first kappa shape index (κ1) is 22.6. The zero-order chi connectivity index (χ0) is 23.8. The van der Waals surface area contributed by atoms with Crippen molar-refractivity contribution in [2.75, 3.05) is 5.32 Å². The third-order valence-electron chi connectivity index (χ3n) is 5.17. The highest BCUT2D eigenvalue weighted by molar-refractivity contribution is 7.80. The topological polar surface area (TPSA) is 67.2 Å². The minimum absolute atomic E-state index is 0.104. The van der Waals surface area contributed by atoms with Crippen LogP contribution in [-0.2, 0) is 0 Å². The molecule has 5 aromatic rings. The largest absolute Gasteiger partial charge is 0.436 e. The van der Waals surface area contributed by atoms with Crippen molar-refractivity contribution in [2.45, 2.75) is 0 Å². The highest BCUT2D eigenvalue weighted by Gasteiger charge is 2.15. The van der Waals surface area contributed by atoms with Gasteiger partial charge in [0, 0.05) is 21.7 Å². The number of carbonyl (C=O) groups is 1. The number of hydrogen-bond acceptors (Lipinski definition) is 4. The Hall–Kier alpha value is -3.16. The number of nitrogens with one attached hydrogen (secondary N) is 2. The van der Waals surface area contributed by atoms with E-state index in [1.165, 1.54) is 0 Å². The highest BCUT2D eigenvalue weighted by Crippen LogP contribution is 2.34. The van der Waals surface area contributed by atoms with Crippen LogP contribution in [0.15, 0.2) is 77.2 Å². The van der Waals surface area contributed by atoms with Gasteiger partial charge in [-0.15, -0.1) is 0 Å². The lowest BCUT2D eigenvalue weighted by Crippen LogP contribution is -2.34. The van der Waals surface area contributed by atoms with E-state index in [4.69, 9.17) is 51.4 Å². The summed E-state index contributed by atoms with van der Waals surface area (Å²) in [5, 5.41) is 8.67. The molecule has 0 atom stereocenters. The van der Waals surface area contributed by atoms with Gasteiger partial charge in [0.2, 0.25) is 5.89 Å². The van der Waals surface area contributed by atoms with Crippen LogP contribution in [-0.4, -0.2) is 16.0 Å². The second-order valence-corrected chi connectivity index (χ2v) is 8.95. The number of rotatable bonds is 3. The molecule has 4 aromatic carbocycles. The summed E-state index contributed by atoms with van der Waals surface area (Å²) in [4.78, 5) is 17.2. The van der Waals surface area contributed by atoms with Crippen LogP contribution in [0.1, 0.15) is 10.4 Å². The van der Waals surface area contributed by atoms with Crippen LogP contribution in [0.3, 0.4) is 0 Å². The summed E-state index contributed by atoms with van der Waals surface area (Å²) in [6.07, 6.45) is 0. The molecular formula is C25H14Cl3N3O2S. The first-order valence-corrected chi connectivity index (χ1v) is 11.6. The number of fused-ring (bicyclic) bond motifs is 2. The van der Waals surface area contributed by atoms with Crippen molar-refractivity contribution >= 4 is 85.6 Å². The average molecular weight is 527 g/mol. The maximum Gasteiger partial charge on any atom is 0.258 e. The van der Waals surface area contributed by atoms with Gasteiger partial charge in [-0.3, -0.25) is 10.1 Å². The fourth-order valence-electron chi connectivity index (χ4n) is 3.59. The van der Waals surface area contributed by atoms with E-state index in [2.05, 4.69) is 15.6 Å². The Kier molecular flexibility index (Phi) is 6.15. The predicted octanol–water partition coefficient (Wildman–Crippen LogP) is 7.74. The summed E-state index contributed by atoms with van der Waals surface area (Å²) in [7, 11) is 0. The molecule has 0 aliphatic heterocycles. The molecule has 5 nitrogen and oxygen atoms in total. The van der Waals surface area contributed by atoms with Gasteiger partial charge in [-0.2, -0.15) is 0 Å². The number of aromatic nitrogens is 1. The molecule has 0 saturated carbocycles. The fourth-order valence-corrected chi connectivity index (χ4v) is 4.42. The van der Waals surface area contributed by atoms with Gasteiger partial charge in [-0.25, -0.2) is 4.98 Å².